The third kappa shape index (κ3) is 4.57. The minimum absolute atomic E-state index is 0.310. The van der Waals surface area contributed by atoms with Crippen LogP contribution in [0.2, 0.25) is 0 Å². The van der Waals surface area contributed by atoms with Crippen LogP contribution in [-0.4, -0.2) is 44.8 Å². The van der Waals surface area contributed by atoms with Crippen LogP contribution in [0, 0.1) is 11.3 Å². The molecule has 3 heteroatoms. The standard InChI is InChI=1S/C14H30N2O/c1-4-14(5-2,11-15)12-16(3)9-13-7-6-8-17-10-13/h13H,4-12,15H2,1-3H3. The average molecular weight is 242 g/mol. The molecule has 2 N–H and O–H groups in total. The zero-order valence-electron chi connectivity index (χ0n) is 11.9. The van der Waals surface area contributed by atoms with Crippen LogP contribution in [0.15, 0.2) is 0 Å². The smallest absolute Gasteiger partial charge is 0.0506 e. The third-order valence-electron chi connectivity index (χ3n) is 4.36. The number of hydrogen-bond donors (Lipinski definition) is 1. The monoisotopic (exact) mass is 242 g/mol. The van der Waals surface area contributed by atoms with Crippen LogP contribution in [0.1, 0.15) is 39.5 Å². The fraction of sp³-hybridized carbons (Fsp3) is 1.00. The highest BCUT2D eigenvalue weighted by Crippen LogP contribution is 2.26. The second-order valence-corrected chi connectivity index (χ2v) is 5.69. The van der Waals surface area contributed by atoms with Crippen molar-refractivity contribution in [2.24, 2.45) is 17.1 Å². The Kier molecular flexibility index (Phi) is 6.45. The molecule has 0 radical (unpaired) electrons. The summed E-state index contributed by atoms with van der Waals surface area (Å²) in [6.07, 6.45) is 4.89. The maximum absolute atomic E-state index is 5.96. The number of ether oxygens (including phenoxy) is 1. The molecule has 1 saturated heterocycles. The molecule has 1 aliphatic heterocycles. The zero-order chi connectivity index (χ0) is 12.7. The highest BCUT2D eigenvalue weighted by atomic mass is 16.5. The SMILES string of the molecule is CCC(CC)(CN)CN(C)CC1CCCOC1. The van der Waals surface area contributed by atoms with Gasteiger partial charge in [-0.05, 0) is 50.6 Å². The van der Waals surface area contributed by atoms with Crippen LogP contribution >= 0.6 is 0 Å². The van der Waals surface area contributed by atoms with E-state index in [1.165, 1.54) is 25.7 Å². The van der Waals surface area contributed by atoms with Gasteiger partial charge in [0.15, 0.2) is 0 Å². The van der Waals surface area contributed by atoms with Crippen LogP contribution < -0.4 is 5.73 Å². The summed E-state index contributed by atoms with van der Waals surface area (Å²) in [5.41, 5.74) is 6.27. The zero-order valence-corrected chi connectivity index (χ0v) is 11.9. The lowest BCUT2D eigenvalue weighted by Gasteiger charge is -2.36. The summed E-state index contributed by atoms with van der Waals surface area (Å²) in [7, 11) is 2.23. The lowest BCUT2D eigenvalue weighted by atomic mass is 9.82. The molecule has 0 aromatic heterocycles. The van der Waals surface area contributed by atoms with Gasteiger partial charge in [-0.2, -0.15) is 0 Å². The number of rotatable bonds is 7. The summed E-state index contributed by atoms with van der Waals surface area (Å²) in [5, 5.41) is 0. The van der Waals surface area contributed by atoms with Crippen LogP contribution in [0.5, 0.6) is 0 Å². The van der Waals surface area contributed by atoms with Gasteiger partial charge in [0.05, 0.1) is 6.61 Å². The summed E-state index contributed by atoms with van der Waals surface area (Å²) < 4.78 is 5.54. The van der Waals surface area contributed by atoms with E-state index in [0.717, 1.165) is 38.8 Å². The fourth-order valence-corrected chi connectivity index (χ4v) is 2.86. The van der Waals surface area contributed by atoms with E-state index in [2.05, 4.69) is 25.8 Å². The first kappa shape index (κ1) is 14.9. The van der Waals surface area contributed by atoms with Crippen LogP contribution in [-0.2, 0) is 4.74 Å². The van der Waals surface area contributed by atoms with Crippen molar-refractivity contribution in [3.63, 3.8) is 0 Å². The molecule has 1 fully saturated rings. The van der Waals surface area contributed by atoms with Crippen molar-refractivity contribution in [3.05, 3.63) is 0 Å². The second kappa shape index (κ2) is 7.34. The maximum Gasteiger partial charge on any atom is 0.0506 e. The second-order valence-electron chi connectivity index (χ2n) is 5.69. The highest BCUT2D eigenvalue weighted by molar-refractivity contribution is 4.81. The Morgan fingerprint density at radius 3 is 2.53 bits per heavy atom. The summed E-state index contributed by atoms with van der Waals surface area (Å²) in [6, 6.07) is 0. The van der Waals surface area contributed by atoms with Crippen molar-refractivity contribution in [2.75, 3.05) is 39.9 Å². The molecule has 1 atom stereocenters. The first-order valence-corrected chi connectivity index (χ1v) is 7.12. The first-order chi connectivity index (χ1) is 8.15. The Hall–Kier alpha value is -0.120. The van der Waals surface area contributed by atoms with Gasteiger partial charge in [-0.15, -0.1) is 0 Å². The van der Waals surface area contributed by atoms with Crippen molar-refractivity contribution in [3.8, 4) is 0 Å². The van der Waals surface area contributed by atoms with E-state index in [9.17, 15) is 0 Å². The van der Waals surface area contributed by atoms with E-state index in [1.807, 2.05) is 0 Å². The van der Waals surface area contributed by atoms with Gasteiger partial charge < -0.3 is 15.4 Å². The molecule has 0 saturated carbocycles. The number of nitrogens with two attached hydrogens (primary N) is 1. The topological polar surface area (TPSA) is 38.5 Å². The Bertz CT molecular complexity index is 190. The number of hydrogen-bond acceptors (Lipinski definition) is 3. The molecular weight excluding hydrogens is 212 g/mol. The van der Waals surface area contributed by atoms with E-state index in [1.54, 1.807) is 0 Å². The maximum atomic E-state index is 5.96. The summed E-state index contributed by atoms with van der Waals surface area (Å²) in [5.74, 6) is 0.720. The third-order valence-corrected chi connectivity index (χ3v) is 4.36. The van der Waals surface area contributed by atoms with Crippen molar-refractivity contribution in [2.45, 2.75) is 39.5 Å². The minimum Gasteiger partial charge on any atom is -0.381 e. The van der Waals surface area contributed by atoms with Crippen molar-refractivity contribution >= 4 is 0 Å². The molecule has 17 heavy (non-hydrogen) atoms. The molecule has 0 aliphatic carbocycles. The number of nitrogens with zero attached hydrogens (tertiary/aromatic N) is 1. The lowest BCUT2D eigenvalue weighted by molar-refractivity contribution is 0.0351. The van der Waals surface area contributed by atoms with E-state index in [-0.39, 0.29) is 0 Å². The molecule has 1 unspecified atom stereocenters. The van der Waals surface area contributed by atoms with Gasteiger partial charge in [0.1, 0.15) is 0 Å². The van der Waals surface area contributed by atoms with Gasteiger partial charge in [0.25, 0.3) is 0 Å². The average Bonchev–Trinajstić information content (AvgIpc) is 2.37. The molecule has 0 bridgehead atoms. The Morgan fingerprint density at radius 1 is 1.35 bits per heavy atom. The van der Waals surface area contributed by atoms with E-state index in [4.69, 9.17) is 10.5 Å². The molecule has 0 spiro atoms. The molecule has 3 nitrogen and oxygen atoms in total. The fourth-order valence-electron chi connectivity index (χ4n) is 2.86. The molecule has 1 aliphatic rings. The van der Waals surface area contributed by atoms with Gasteiger partial charge in [0, 0.05) is 19.7 Å². The molecule has 0 aromatic rings. The van der Waals surface area contributed by atoms with E-state index >= 15 is 0 Å². The van der Waals surface area contributed by atoms with Gasteiger partial charge in [-0.3, -0.25) is 0 Å². The Balaban J connectivity index is 2.38. The van der Waals surface area contributed by atoms with E-state index < -0.39 is 0 Å². The summed E-state index contributed by atoms with van der Waals surface area (Å²) in [6.45, 7) is 9.48. The molecule has 0 amide bonds. The molecule has 1 rings (SSSR count). The van der Waals surface area contributed by atoms with Crippen LogP contribution in [0.3, 0.4) is 0 Å². The largest absolute Gasteiger partial charge is 0.381 e. The van der Waals surface area contributed by atoms with Gasteiger partial charge >= 0.3 is 0 Å². The summed E-state index contributed by atoms with van der Waals surface area (Å²) >= 11 is 0. The normalized spacial score (nSPS) is 22.1. The Morgan fingerprint density at radius 2 is 2.06 bits per heavy atom. The first-order valence-electron chi connectivity index (χ1n) is 7.12. The predicted octanol–water partition coefficient (Wildman–Crippen LogP) is 2.11. The minimum atomic E-state index is 0.310. The van der Waals surface area contributed by atoms with Gasteiger partial charge in [0.2, 0.25) is 0 Å². The van der Waals surface area contributed by atoms with Gasteiger partial charge in [-0.1, -0.05) is 13.8 Å². The Labute approximate surface area is 107 Å². The van der Waals surface area contributed by atoms with Crippen LogP contribution in [0.25, 0.3) is 0 Å². The molecule has 0 aromatic carbocycles. The lowest BCUT2D eigenvalue weighted by Crippen LogP contribution is -2.42. The molecular formula is C14H30N2O. The van der Waals surface area contributed by atoms with Crippen molar-refractivity contribution in [1.82, 2.24) is 4.90 Å². The van der Waals surface area contributed by atoms with Crippen molar-refractivity contribution < 1.29 is 4.74 Å². The van der Waals surface area contributed by atoms with E-state index in [0.29, 0.717) is 5.41 Å². The van der Waals surface area contributed by atoms with Gasteiger partial charge in [-0.25, -0.2) is 0 Å². The predicted molar refractivity (Wildman–Crippen MR) is 73.1 cm³/mol. The molecule has 1 heterocycles. The highest BCUT2D eigenvalue weighted by Gasteiger charge is 2.27. The molecule has 102 valence electrons. The van der Waals surface area contributed by atoms with Crippen LogP contribution in [0.4, 0.5) is 0 Å². The summed E-state index contributed by atoms with van der Waals surface area (Å²) in [4.78, 5) is 2.46. The van der Waals surface area contributed by atoms with Crippen molar-refractivity contribution in [1.29, 1.82) is 0 Å². The quantitative estimate of drug-likeness (QED) is 0.743.